The average Bonchev–Trinajstić information content (AvgIpc) is 2.64. The largest absolute Gasteiger partial charge is 0.377 e. The molecule has 4 nitrogen and oxygen atoms in total. The van der Waals surface area contributed by atoms with Gasteiger partial charge in [-0.15, -0.1) is 0 Å². The fraction of sp³-hybridized carbons (Fsp3) is 1.00. The molecule has 0 aromatic heterocycles. The van der Waals surface area contributed by atoms with Gasteiger partial charge in [-0.05, 0) is 26.8 Å². The maximum Gasteiger partial charge on any atom is 0.157 e. The Labute approximate surface area is 98.7 Å². The number of ether oxygens (including phenoxy) is 1. The summed E-state index contributed by atoms with van der Waals surface area (Å²) in [5, 5.41) is 2.77. The molecule has 3 unspecified atom stereocenters. The molecule has 16 heavy (non-hydrogen) atoms. The summed E-state index contributed by atoms with van der Waals surface area (Å²) < 4.78 is 29.7. The van der Waals surface area contributed by atoms with Crippen LogP contribution in [0.1, 0.15) is 33.1 Å². The van der Waals surface area contributed by atoms with Crippen molar-refractivity contribution in [3.63, 3.8) is 0 Å². The molecule has 1 rings (SSSR count). The van der Waals surface area contributed by atoms with Crippen LogP contribution < -0.4 is 5.32 Å². The third kappa shape index (κ3) is 3.43. The fourth-order valence-electron chi connectivity index (χ4n) is 2.25. The first-order valence-corrected chi connectivity index (χ1v) is 7.73. The molecule has 0 radical (unpaired) electrons. The Kier molecular flexibility index (Phi) is 5.21. The summed E-state index contributed by atoms with van der Waals surface area (Å²) in [6, 6.07) is 0.0720. The molecule has 0 amide bonds. The highest BCUT2D eigenvalue weighted by Crippen LogP contribution is 2.22. The number of rotatable bonds is 6. The van der Waals surface area contributed by atoms with Crippen molar-refractivity contribution in [2.24, 2.45) is 0 Å². The van der Waals surface area contributed by atoms with Crippen molar-refractivity contribution in [3.8, 4) is 0 Å². The van der Waals surface area contributed by atoms with E-state index in [-0.39, 0.29) is 23.1 Å². The van der Waals surface area contributed by atoms with E-state index in [1.54, 1.807) is 0 Å². The first kappa shape index (κ1) is 13.9. The Balaban J connectivity index is 2.62. The molecule has 3 atom stereocenters. The van der Waals surface area contributed by atoms with Crippen LogP contribution in [0.5, 0.6) is 0 Å². The lowest BCUT2D eigenvalue weighted by molar-refractivity contribution is 0.126. The van der Waals surface area contributed by atoms with E-state index < -0.39 is 9.84 Å². The van der Waals surface area contributed by atoms with Crippen LogP contribution in [0, 0.1) is 0 Å². The lowest BCUT2D eigenvalue weighted by Crippen LogP contribution is -2.39. The van der Waals surface area contributed by atoms with Crippen LogP contribution in [-0.2, 0) is 14.6 Å². The van der Waals surface area contributed by atoms with E-state index in [2.05, 4.69) is 12.2 Å². The SMILES string of the molecule is CCCC(CS(=O)(=O)C1CCOC1C)NC. The zero-order chi connectivity index (χ0) is 12.2. The fourth-order valence-corrected chi connectivity index (χ4v) is 4.51. The molecule has 1 heterocycles. The van der Waals surface area contributed by atoms with Crippen molar-refractivity contribution in [3.05, 3.63) is 0 Å². The highest BCUT2D eigenvalue weighted by Gasteiger charge is 2.36. The van der Waals surface area contributed by atoms with E-state index in [4.69, 9.17) is 4.74 Å². The standard InChI is InChI=1S/C11H23NO3S/c1-4-5-10(12-3)8-16(13,14)11-6-7-15-9(11)2/h9-12H,4-8H2,1-3H3. The summed E-state index contributed by atoms with van der Waals surface area (Å²) in [4.78, 5) is 0. The second-order valence-corrected chi connectivity index (χ2v) is 6.77. The molecule has 1 saturated heterocycles. The quantitative estimate of drug-likeness (QED) is 0.762. The molecule has 1 N–H and O–H groups in total. The highest BCUT2D eigenvalue weighted by molar-refractivity contribution is 7.92. The van der Waals surface area contributed by atoms with Crippen LogP contribution in [0.2, 0.25) is 0 Å². The Morgan fingerprint density at radius 1 is 1.50 bits per heavy atom. The number of hydrogen-bond donors (Lipinski definition) is 1. The minimum atomic E-state index is -3.03. The second kappa shape index (κ2) is 5.98. The normalized spacial score (nSPS) is 28.2. The van der Waals surface area contributed by atoms with Gasteiger partial charge in [-0.1, -0.05) is 13.3 Å². The summed E-state index contributed by atoms with van der Waals surface area (Å²) in [7, 11) is -1.21. The zero-order valence-electron chi connectivity index (χ0n) is 10.4. The molecule has 1 aliphatic rings. The number of hydrogen-bond acceptors (Lipinski definition) is 4. The van der Waals surface area contributed by atoms with Crippen molar-refractivity contribution in [1.29, 1.82) is 0 Å². The molecule has 0 spiro atoms. The topological polar surface area (TPSA) is 55.4 Å². The minimum Gasteiger partial charge on any atom is -0.377 e. The van der Waals surface area contributed by atoms with Crippen LogP contribution in [0.25, 0.3) is 0 Å². The highest BCUT2D eigenvalue weighted by atomic mass is 32.2. The maximum atomic E-state index is 12.2. The molecule has 1 fully saturated rings. The average molecular weight is 249 g/mol. The summed E-state index contributed by atoms with van der Waals surface area (Å²) in [6.07, 6.45) is 2.39. The van der Waals surface area contributed by atoms with Gasteiger partial charge in [0.15, 0.2) is 9.84 Å². The lowest BCUT2D eigenvalue weighted by Gasteiger charge is -2.20. The predicted octanol–water partition coefficient (Wildman–Crippen LogP) is 0.967. The molecule has 1 aliphatic heterocycles. The molecule has 0 bridgehead atoms. The van der Waals surface area contributed by atoms with Crippen molar-refractivity contribution in [2.75, 3.05) is 19.4 Å². The lowest BCUT2D eigenvalue weighted by atomic mass is 10.2. The summed E-state index contributed by atoms with van der Waals surface area (Å²) in [5.41, 5.74) is 0. The Hall–Kier alpha value is -0.130. The van der Waals surface area contributed by atoms with E-state index in [0.717, 1.165) is 12.8 Å². The summed E-state index contributed by atoms with van der Waals surface area (Å²) >= 11 is 0. The van der Waals surface area contributed by atoms with E-state index in [9.17, 15) is 8.42 Å². The Bertz CT molecular complexity index is 302. The van der Waals surface area contributed by atoms with Crippen LogP contribution in [0.15, 0.2) is 0 Å². The van der Waals surface area contributed by atoms with Crippen LogP contribution in [0.4, 0.5) is 0 Å². The van der Waals surface area contributed by atoms with Gasteiger partial charge in [0, 0.05) is 12.6 Å². The van der Waals surface area contributed by atoms with Crippen molar-refractivity contribution in [2.45, 2.75) is 50.5 Å². The molecule has 96 valence electrons. The van der Waals surface area contributed by atoms with Gasteiger partial charge in [0.25, 0.3) is 0 Å². The molecular formula is C11H23NO3S. The van der Waals surface area contributed by atoms with E-state index >= 15 is 0 Å². The smallest absolute Gasteiger partial charge is 0.157 e. The van der Waals surface area contributed by atoms with Gasteiger partial charge in [-0.2, -0.15) is 0 Å². The molecular weight excluding hydrogens is 226 g/mol. The zero-order valence-corrected chi connectivity index (χ0v) is 11.2. The van der Waals surface area contributed by atoms with Crippen LogP contribution in [-0.4, -0.2) is 45.2 Å². The van der Waals surface area contributed by atoms with Crippen molar-refractivity contribution < 1.29 is 13.2 Å². The summed E-state index contributed by atoms with van der Waals surface area (Å²) in [5.74, 6) is 0.232. The number of sulfone groups is 1. The van der Waals surface area contributed by atoms with Crippen molar-refractivity contribution in [1.82, 2.24) is 5.32 Å². The third-order valence-corrected chi connectivity index (χ3v) is 5.66. The Morgan fingerprint density at radius 3 is 2.62 bits per heavy atom. The van der Waals surface area contributed by atoms with Gasteiger partial charge in [-0.25, -0.2) is 8.42 Å². The van der Waals surface area contributed by atoms with Crippen molar-refractivity contribution >= 4 is 9.84 Å². The molecule has 0 aliphatic carbocycles. The minimum absolute atomic E-state index is 0.0720. The first-order chi connectivity index (χ1) is 7.51. The molecule has 0 aromatic rings. The van der Waals surface area contributed by atoms with Gasteiger partial charge in [-0.3, -0.25) is 0 Å². The monoisotopic (exact) mass is 249 g/mol. The maximum absolute atomic E-state index is 12.2. The molecule has 0 aromatic carbocycles. The Morgan fingerprint density at radius 2 is 2.19 bits per heavy atom. The van der Waals surface area contributed by atoms with Gasteiger partial charge >= 0.3 is 0 Å². The van der Waals surface area contributed by atoms with Crippen LogP contribution >= 0.6 is 0 Å². The van der Waals surface area contributed by atoms with Gasteiger partial charge in [0.2, 0.25) is 0 Å². The van der Waals surface area contributed by atoms with Gasteiger partial charge in [0.05, 0.1) is 17.1 Å². The molecule has 0 saturated carbocycles. The van der Waals surface area contributed by atoms with Crippen LogP contribution in [0.3, 0.4) is 0 Å². The summed E-state index contributed by atoms with van der Waals surface area (Å²) in [6.45, 7) is 4.49. The third-order valence-electron chi connectivity index (χ3n) is 3.25. The van der Waals surface area contributed by atoms with Gasteiger partial charge < -0.3 is 10.1 Å². The number of nitrogens with one attached hydrogen (secondary N) is 1. The van der Waals surface area contributed by atoms with E-state index in [1.807, 2.05) is 14.0 Å². The molecule has 5 heteroatoms. The first-order valence-electron chi connectivity index (χ1n) is 6.01. The predicted molar refractivity (Wildman–Crippen MR) is 65.4 cm³/mol. The van der Waals surface area contributed by atoms with Gasteiger partial charge in [0.1, 0.15) is 0 Å². The van der Waals surface area contributed by atoms with E-state index in [0.29, 0.717) is 13.0 Å². The second-order valence-electron chi connectivity index (χ2n) is 4.51. The van der Waals surface area contributed by atoms with E-state index in [1.165, 1.54) is 0 Å².